The fourth-order valence-corrected chi connectivity index (χ4v) is 2.74. The highest BCUT2D eigenvalue weighted by atomic mass is 79.9. The molecule has 1 heterocycles. The van der Waals surface area contributed by atoms with Crippen LogP contribution in [-0.2, 0) is 0 Å². The van der Waals surface area contributed by atoms with Crippen molar-refractivity contribution in [2.24, 2.45) is 0 Å². The lowest BCUT2D eigenvalue weighted by molar-refractivity contribution is -0.0999. The van der Waals surface area contributed by atoms with E-state index in [0.29, 0.717) is 0 Å². The van der Waals surface area contributed by atoms with Crippen molar-refractivity contribution in [1.82, 2.24) is 0 Å². The van der Waals surface area contributed by atoms with Gasteiger partial charge in [-0.05, 0) is 45.8 Å². The van der Waals surface area contributed by atoms with E-state index in [1.165, 1.54) is 28.8 Å². The molecule has 0 radical (unpaired) electrons. The van der Waals surface area contributed by atoms with Gasteiger partial charge in [0.1, 0.15) is 0 Å². The van der Waals surface area contributed by atoms with E-state index in [9.17, 15) is 13.2 Å². The fourth-order valence-electron chi connectivity index (χ4n) is 1.35. The average Bonchev–Trinajstić information content (AvgIpc) is 2.63. The first-order valence-corrected chi connectivity index (χ1v) is 6.26. The Morgan fingerprint density at radius 1 is 1.00 bits per heavy atom. The molecule has 0 bridgehead atoms. The van der Waals surface area contributed by atoms with E-state index in [-0.39, 0.29) is 5.69 Å². The van der Waals surface area contributed by atoms with E-state index >= 15 is 0 Å². The molecule has 0 aliphatic rings. The van der Waals surface area contributed by atoms with Gasteiger partial charge in [-0.15, -0.1) is 11.3 Å². The van der Waals surface area contributed by atoms with Gasteiger partial charge in [0.15, 0.2) is 0 Å². The van der Waals surface area contributed by atoms with Crippen molar-refractivity contribution in [1.29, 1.82) is 0 Å². The molecule has 17 heavy (non-hydrogen) atoms. The fraction of sp³-hybridized carbons (Fsp3) is 0.0909. The molecule has 0 saturated carbocycles. The van der Waals surface area contributed by atoms with Gasteiger partial charge >= 0.3 is 6.30 Å². The zero-order chi connectivity index (χ0) is 12.5. The molecule has 0 unspecified atom stereocenters. The van der Waals surface area contributed by atoms with E-state index in [4.69, 9.17) is 0 Å². The van der Waals surface area contributed by atoms with Gasteiger partial charge in [-0.2, -0.15) is 13.2 Å². The zero-order valence-corrected chi connectivity index (χ0v) is 10.8. The Balaban J connectivity index is 2.19. The molecule has 1 aromatic heterocycles. The predicted octanol–water partition coefficient (Wildman–Crippen LogP) is 5.11. The lowest BCUT2D eigenvalue weighted by atomic mass is 10.2. The smallest absolute Gasteiger partial charge is 0.298 e. The van der Waals surface area contributed by atoms with Crippen LogP contribution in [0.1, 0.15) is 0 Å². The van der Waals surface area contributed by atoms with E-state index in [1.807, 2.05) is 12.1 Å². The van der Waals surface area contributed by atoms with Gasteiger partial charge in [0.05, 0.1) is 3.79 Å². The molecule has 1 nitrogen and oxygen atoms in total. The van der Waals surface area contributed by atoms with Crippen LogP contribution in [0.4, 0.5) is 18.9 Å². The van der Waals surface area contributed by atoms with Crippen molar-refractivity contribution in [3.8, 4) is 10.4 Å². The van der Waals surface area contributed by atoms with Crippen LogP contribution in [0.3, 0.4) is 0 Å². The Hall–Kier alpha value is -1.01. The van der Waals surface area contributed by atoms with Gasteiger partial charge in [-0.25, -0.2) is 0 Å². The third-order valence-electron chi connectivity index (χ3n) is 2.03. The van der Waals surface area contributed by atoms with Gasteiger partial charge < -0.3 is 0 Å². The van der Waals surface area contributed by atoms with Crippen LogP contribution in [0.15, 0.2) is 40.2 Å². The Labute approximate surface area is 108 Å². The maximum atomic E-state index is 12.1. The summed E-state index contributed by atoms with van der Waals surface area (Å²) in [6, 6.07) is 9.97. The van der Waals surface area contributed by atoms with Crippen LogP contribution < -0.4 is 5.32 Å². The van der Waals surface area contributed by atoms with Crippen LogP contribution in [0.25, 0.3) is 10.4 Å². The summed E-state index contributed by atoms with van der Waals surface area (Å²) in [5, 5.41) is 1.46. The SMILES string of the molecule is FC(F)(F)Nc1ccc(-c2ccc(Br)s2)cc1. The van der Waals surface area contributed by atoms with Crippen molar-refractivity contribution in [2.45, 2.75) is 6.30 Å². The second kappa shape index (κ2) is 4.70. The summed E-state index contributed by atoms with van der Waals surface area (Å²) >= 11 is 4.87. The third-order valence-corrected chi connectivity index (χ3v) is 3.70. The van der Waals surface area contributed by atoms with Crippen LogP contribution in [0.5, 0.6) is 0 Å². The van der Waals surface area contributed by atoms with Crippen molar-refractivity contribution in [2.75, 3.05) is 5.32 Å². The Kier molecular flexibility index (Phi) is 3.44. The van der Waals surface area contributed by atoms with Crippen molar-refractivity contribution in [3.05, 3.63) is 40.2 Å². The Bertz CT molecular complexity index is 504. The molecule has 0 amide bonds. The Morgan fingerprint density at radius 2 is 1.65 bits per heavy atom. The minimum atomic E-state index is -4.40. The molecule has 0 atom stereocenters. The first-order valence-electron chi connectivity index (χ1n) is 4.65. The van der Waals surface area contributed by atoms with E-state index < -0.39 is 6.30 Å². The highest BCUT2D eigenvalue weighted by molar-refractivity contribution is 9.11. The molecule has 0 fully saturated rings. The first-order chi connectivity index (χ1) is 7.94. The van der Waals surface area contributed by atoms with E-state index in [0.717, 1.165) is 14.2 Å². The lowest BCUT2D eigenvalue weighted by Crippen LogP contribution is -2.20. The third kappa shape index (κ3) is 3.47. The summed E-state index contributed by atoms with van der Waals surface area (Å²) in [7, 11) is 0. The maximum absolute atomic E-state index is 12.1. The van der Waals surface area contributed by atoms with E-state index in [2.05, 4.69) is 15.9 Å². The zero-order valence-electron chi connectivity index (χ0n) is 8.38. The number of benzene rings is 1. The number of hydrogen-bond acceptors (Lipinski definition) is 2. The van der Waals surface area contributed by atoms with Gasteiger partial charge in [0.25, 0.3) is 0 Å². The molecule has 0 aliphatic carbocycles. The minimum absolute atomic E-state index is 0.0388. The highest BCUT2D eigenvalue weighted by Gasteiger charge is 2.26. The molecule has 90 valence electrons. The molecule has 1 aromatic carbocycles. The largest absolute Gasteiger partial charge is 0.482 e. The van der Waals surface area contributed by atoms with E-state index in [1.54, 1.807) is 12.1 Å². The summed E-state index contributed by atoms with van der Waals surface area (Å²) in [5.41, 5.74) is 0.935. The van der Waals surface area contributed by atoms with Gasteiger partial charge in [0.2, 0.25) is 0 Å². The summed E-state index contributed by atoms with van der Waals surface area (Å²) < 4.78 is 37.1. The normalized spacial score (nSPS) is 11.5. The predicted molar refractivity (Wildman–Crippen MR) is 67.1 cm³/mol. The summed E-state index contributed by atoms with van der Waals surface area (Å²) in [5.74, 6) is 0. The van der Waals surface area contributed by atoms with Crippen LogP contribution >= 0.6 is 27.3 Å². The van der Waals surface area contributed by atoms with Crippen LogP contribution in [-0.4, -0.2) is 6.30 Å². The molecule has 0 saturated heterocycles. The Morgan fingerprint density at radius 3 is 2.12 bits per heavy atom. The minimum Gasteiger partial charge on any atom is -0.298 e. The number of nitrogens with one attached hydrogen (secondary N) is 1. The molecule has 2 rings (SSSR count). The number of rotatable bonds is 2. The van der Waals surface area contributed by atoms with Crippen LogP contribution in [0.2, 0.25) is 0 Å². The second-order valence-electron chi connectivity index (χ2n) is 3.30. The van der Waals surface area contributed by atoms with Crippen molar-refractivity contribution >= 4 is 33.0 Å². The summed E-state index contributed by atoms with van der Waals surface area (Å²) in [6.07, 6.45) is -4.40. The molecular formula is C11H7BrF3NS. The molecular weight excluding hydrogens is 315 g/mol. The average molecular weight is 322 g/mol. The summed E-state index contributed by atoms with van der Waals surface area (Å²) in [6.45, 7) is 0. The molecule has 2 aromatic rings. The van der Waals surface area contributed by atoms with Gasteiger partial charge in [-0.3, -0.25) is 5.32 Å². The summed E-state index contributed by atoms with van der Waals surface area (Å²) in [4.78, 5) is 1.01. The standard InChI is InChI=1S/C11H7BrF3NS/c12-10-6-5-9(17-10)7-1-3-8(4-2-7)16-11(13,14)15/h1-6,16H. The maximum Gasteiger partial charge on any atom is 0.482 e. The van der Waals surface area contributed by atoms with Crippen molar-refractivity contribution < 1.29 is 13.2 Å². The lowest BCUT2D eigenvalue weighted by Gasteiger charge is -2.09. The second-order valence-corrected chi connectivity index (χ2v) is 5.77. The number of alkyl halides is 3. The first kappa shape index (κ1) is 12.4. The van der Waals surface area contributed by atoms with Crippen molar-refractivity contribution in [3.63, 3.8) is 0 Å². The molecule has 0 spiro atoms. The molecule has 6 heteroatoms. The van der Waals surface area contributed by atoms with Crippen LogP contribution in [0, 0.1) is 0 Å². The number of hydrogen-bond donors (Lipinski definition) is 1. The number of halogens is 4. The molecule has 1 N–H and O–H groups in total. The topological polar surface area (TPSA) is 12.0 Å². The quantitative estimate of drug-likeness (QED) is 0.758. The monoisotopic (exact) mass is 321 g/mol. The van der Waals surface area contributed by atoms with Gasteiger partial charge in [0, 0.05) is 10.6 Å². The molecule has 0 aliphatic heterocycles. The highest BCUT2D eigenvalue weighted by Crippen LogP contribution is 2.32. The number of thiophene rings is 1. The number of anilines is 1. The van der Waals surface area contributed by atoms with Gasteiger partial charge in [-0.1, -0.05) is 12.1 Å².